The highest BCUT2D eigenvalue weighted by Gasteiger charge is 2.29. The van der Waals surface area contributed by atoms with E-state index >= 15 is 0 Å². The molecule has 18 heavy (non-hydrogen) atoms. The molecule has 1 aromatic heterocycles. The van der Waals surface area contributed by atoms with Gasteiger partial charge in [0.1, 0.15) is 0 Å². The van der Waals surface area contributed by atoms with Crippen molar-refractivity contribution >= 4 is 15.7 Å². The molecular weight excluding hydrogens is 256 g/mol. The number of rotatable bonds is 3. The second-order valence-electron chi connectivity index (χ2n) is 4.16. The lowest BCUT2D eigenvalue weighted by atomic mass is 10.2. The number of hydrogen-bond acceptors (Lipinski definition) is 5. The monoisotopic (exact) mass is 270 g/mol. The zero-order valence-electron chi connectivity index (χ0n) is 9.92. The molecule has 1 atom stereocenters. The number of pyridine rings is 1. The zero-order chi connectivity index (χ0) is 13.2. The first kappa shape index (κ1) is 12.8. The van der Waals surface area contributed by atoms with Crippen molar-refractivity contribution in [1.82, 2.24) is 10.3 Å². The van der Waals surface area contributed by atoms with Crippen LogP contribution in [0.3, 0.4) is 0 Å². The van der Waals surface area contributed by atoms with Crippen LogP contribution in [0.15, 0.2) is 18.3 Å². The van der Waals surface area contributed by atoms with E-state index in [-0.39, 0.29) is 23.5 Å². The average molecular weight is 270 g/mol. The van der Waals surface area contributed by atoms with Crippen LogP contribution < -0.4 is 10.1 Å². The number of sulfone groups is 1. The summed E-state index contributed by atoms with van der Waals surface area (Å²) in [5, 5.41) is 2.70. The summed E-state index contributed by atoms with van der Waals surface area (Å²) in [5.41, 5.74) is 0.408. The van der Waals surface area contributed by atoms with Gasteiger partial charge >= 0.3 is 0 Å². The minimum Gasteiger partial charge on any atom is -0.481 e. The lowest BCUT2D eigenvalue weighted by molar-refractivity contribution is 0.0940. The number of amides is 1. The Morgan fingerprint density at radius 1 is 1.56 bits per heavy atom. The molecule has 0 saturated carbocycles. The maximum Gasteiger partial charge on any atom is 0.251 e. The van der Waals surface area contributed by atoms with Crippen molar-refractivity contribution in [2.75, 3.05) is 18.6 Å². The van der Waals surface area contributed by atoms with Gasteiger partial charge in [0.2, 0.25) is 5.88 Å². The van der Waals surface area contributed by atoms with Crippen molar-refractivity contribution in [2.45, 2.75) is 12.5 Å². The molecule has 1 N–H and O–H groups in total. The maximum atomic E-state index is 11.9. The Morgan fingerprint density at radius 3 is 2.94 bits per heavy atom. The van der Waals surface area contributed by atoms with Gasteiger partial charge in [0.15, 0.2) is 9.84 Å². The first-order chi connectivity index (χ1) is 8.50. The minimum absolute atomic E-state index is 0.0148. The summed E-state index contributed by atoms with van der Waals surface area (Å²) in [6, 6.07) is 2.77. The predicted molar refractivity (Wildman–Crippen MR) is 65.3 cm³/mol. The molecule has 1 aliphatic heterocycles. The van der Waals surface area contributed by atoms with Crippen LogP contribution in [0.2, 0.25) is 0 Å². The second-order valence-corrected chi connectivity index (χ2v) is 6.39. The smallest absolute Gasteiger partial charge is 0.251 e. The van der Waals surface area contributed by atoms with Crippen LogP contribution >= 0.6 is 0 Å². The Morgan fingerprint density at radius 2 is 2.33 bits per heavy atom. The highest BCUT2D eigenvalue weighted by molar-refractivity contribution is 7.91. The van der Waals surface area contributed by atoms with Crippen LogP contribution in [0.4, 0.5) is 0 Å². The summed E-state index contributed by atoms with van der Waals surface area (Å²) in [5.74, 6) is 0.193. The number of methoxy groups -OCH3 is 1. The fourth-order valence-electron chi connectivity index (χ4n) is 1.84. The molecule has 6 nitrogen and oxygen atoms in total. The second kappa shape index (κ2) is 4.93. The molecule has 1 unspecified atom stereocenters. The minimum atomic E-state index is -2.99. The van der Waals surface area contributed by atoms with Crippen molar-refractivity contribution in [3.8, 4) is 5.88 Å². The molecule has 2 heterocycles. The van der Waals surface area contributed by atoms with Crippen LogP contribution in [-0.4, -0.2) is 44.0 Å². The van der Waals surface area contributed by atoms with Crippen molar-refractivity contribution in [2.24, 2.45) is 0 Å². The van der Waals surface area contributed by atoms with E-state index in [0.717, 1.165) is 0 Å². The molecule has 1 fully saturated rings. The first-order valence-corrected chi connectivity index (χ1v) is 7.33. The molecular formula is C11H14N2O4S. The van der Waals surface area contributed by atoms with Crippen molar-refractivity contribution < 1.29 is 17.9 Å². The normalized spacial score (nSPS) is 21.5. The van der Waals surface area contributed by atoms with Gasteiger partial charge in [-0.2, -0.15) is 0 Å². The summed E-state index contributed by atoms with van der Waals surface area (Å²) in [7, 11) is -1.52. The van der Waals surface area contributed by atoms with Crippen LogP contribution in [0.5, 0.6) is 5.88 Å². The van der Waals surface area contributed by atoms with Gasteiger partial charge in [-0.15, -0.1) is 0 Å². The van der Waals surface area contributed by atoms with Crippen LogP contribution in [0.25, 0.3) is 0 Å². The van der Waals surface area contributed by atoms with E-state index in [0.29, 0.717) is 17.9 Å². The van der Waals surface area contributed by atoms with Gasteiger partial charge in [-0.05, 0) is 12.5 Å². The lowest BCUT2D eigenvalue weighted by Gasteiger charge is -2.10. The fraction of sp³-hybridized carbons (Fsp3) is 0.455. The van der Waals surface area contributed by atoms with Gasteiger partial charge in [-0.25, -0.2) is 13.4 Å². The number of ether oxygens (including phenoxy) is 1. The van der Waals surface area contributed by atoms with Crippen molar-refractivity contribution in [3.05, 3.63) is 23.9 Å². The molecule has 0 bridgehead atoms. The highest BCUT2D eigenvalue weighted by atomic mass is 32.2. The molecule has 1 amide bonds. The molecule has 0 spiro atoms. The topological polar surface area (TPSA) is 85.4 Å². The van der Waals surface area contributed by atoms with E-state index in [1.54, 1.807) is 6.07 Å². The van der Waals surface area contributed by atoms with E-state index in [9.17, 15) is 13.2 Å². The van der Waals surface area contributed by atoms with Gasteiger partial charge in [0.05, 0.1) is 18.6 Å². The summed E-state index contributed by atoms with van der Waals surface area (Å²) < 4.78 is 27.5. The zero-order valence-corrected chi connectivity index (χ0v) is 10.7. The third-order valence-electron chi connectivity index (χ3n) is 2.77. The molecule has 0 radical (unpaired) electrons. The maximum absolute atomic E-state index is 11.9. The Hall–Kier alpha value is -1.63. The standard InChI is InChI=1S/C11H14N2O4S/c1-17-10-6-8(2-4-12-10)11(14)13-9-3-5-18(15,16)7-9/h2,4,6,9H,3,5,7H2,1H3,(H,13,14). The highest BCUT2D eigenvalue weighted by Crippen LogP contribution is 2.13. The van der Waals surface area contributed by atoms with E-state index in [2.05, 4.69) is 10.3 Å². The van der Waals surface area contributed by atoms with E-state index < -0.39 is 9.84 Å². The number of nitrogens with zero attached hydrogens (tertiary/aromatic N) is 1. The van der Waals surface area contributed by atoms with Crippen LogP contribution in [0.1, 0.15) is 16.8 Å². The Balaban J connectivity index is 2.04. The molecule has 2 rings (SSSR count). The summed E-state index contributed by atoms with van der Waals surface area (Å²) in [6.45, 7) is 0. The summed E-state index contributed by atoms with van der Waals surface area (Å²) in [6.07, 6.45) is 1.94. The van der Waals surface area contributed by atoms with E-state index in [4.69, 9.17) is 4.74 Å². The average Bonchev–Trinajstić information content (AvgIpc) is 2.68. The lowest BCUT2D eigenvalue weighted by Crippen LogP contribution is -2.35. The molecule has 0 aromatic carbocycles. The number of hydrogen-bond donors (Lipinski definition) is 1. The van der Waals surface area contributed by atoms with Crippen molar-refractivity contribution in [1.29, 1.82) is 0 Å². The number of carbonyl (C=O) groups excluding carboxylic acids is 1. The third kappa shape index (κ3) is 2.98. The Labute approximate surface area is 105 Å². The quantitative estimate of drug-likeness (QED) is 0.836. The predicted octanol–water partition coefficient (Wildman–Crippen LogP) is 0.00710. The number of carbonyl (C=O) groups is 1. The van der Waals surface area contributed by atoms with Crippen LogP contribution in [0, 0.1) is 0 Å². The fourth-order valence-corrected chi connectivity index (χ4v) is 3.51. The first-order valence-electron chi connectivity index (χ1n) is 5.51. The number of nitrogens with one attached hydrogen (secondary N) is 1. The SMILES string of the molecule is COc1cc(C(=O)NC2CCS(=O)(=O)C2)ccn1. The number of aromatic nitrogens is 1. The van der Waals surface area contributed by atoms with Gasteiger partial charge in [0, 0.05) is 23.9 Å². The molecule has 7 heteroatoms. The molecule has 1 aliphatic rings. The van der Waals surface area contributed by atoms with Gasteiger partial charge < -0.3 is 10.1 Å². The molecule has 0 aliphatic carbocycles. The van der Waals surface area contributed by atoms with Gasteiger partial charge in [-0.3, -0.25) is 4.79 Å². The largest absolute Gasteiger partial charge is 0.481 e. The summed E-state index contributed by atoms with van der Waals surface area (Å²) >= 11 is 0. The van der Waals surface area contributed by atoms with Crippen molar-refractivity contribution in [3.63, 3.8) is 0 Å². The Kier molecular flexibility index (Phi) is 3.51. The molecule has 1 saturated heterocycles. The van der Waals surface area contributed by atoms with E-state index in [1.165, 1.54) is 19.4 Å². The van der Waals surface area contributed by atoms with Crippen LogP contribution in [-0.2, 0) is 9.84 Å². The molecule has 98 valence electrons. The summed E-state index contributed by atoms with van der Waals surface area (Å²) in [4.78, 5) is 15.8. The van der Waals surface area contributed by atoms with E-state index in [1.807, 2.05) is 0 Å². The third-order valence-corrected chi connectivity index (χ3v) is 4.54. The van der Waals surface area contributed by atoms with Gasteiger partial charge in [-0.1, -0.05) is 0 Å². The van der Waals surface area contributed by atoms with Gasteiger partial charge in [0.25, 0.3) is 5.91 Å². The Bertz CT molecular complexity index is 556. The molecule has 1 aromatic rings.